The van der Waals surface area contributed by atoms with Gasteiger partial charge in [-0.05, 0) is 42.2 Å². The van der Waals surface area contributed by atoms with Crippen LogP contribution in [-0.4, -0.2) is 16.3 Å². The van der Waals surface area contributed by atoms with Crippen LogP contribution in [0.15, 0.2) is 41.5 Å². The van der Waals surface area contributed by atoms with Crippen molar-refractivity contribution in [2.45, 2.75) is 38.7 Å². The van der Waals surface area contributed by atoms with Crippen LogP contribution in [0.5, 0.6) is 5.75 Å². The van der Waals surface area contributed by atoms with E-state index in [9.17, 15) is 14.6 Å². The summed E-state index contributed by atoms with van der Waals surface area (Å²) in [5.41, 5.74) is 2.41. The van der Waals surface area contributed by atoms with Crippen LogP contribution in [0, 0.1) is 5.82 Å². The minimum atomic E-state index is -0.609. The summed E-state index contributed by atoms with van der Waals surface area (Å²) in [5.74, 6) is -0.943. The molecule has 0 heterocycles. The van der Waals surface area contributed by atoms with E-state index in [1.54, 1.807) is 6.07 Å². The van der Waals surface area contributed by atoms with E-state index in [-0.39, 0.29) is 11.2 Å². The van der Waals surface area contributed by atoms with Crippen molar-refractivity contribution in [3.05, 3.63) is 52.9 Å². The molecule has 0 amide bonds. The summed E-state index contributed by atoms with van der Waals surface area (Å²) < 4.78 is 13.5. The molecular formula is C16H19FO2. The normalized spacial score (nSPS) is 19.9. The number of rotatable bonds is 2. The lowest BCUT2D eigenvalue weighted by molar-refractivity contribution is 0.211. The maximum atomic E-state index is 13.5. The fourth-order valence-electron chi connectivity index (χ4n) is 2.32. The zero-order chi connectivity index (χ0) is 14.2. The second kappa shape index (κ2) is 4.82. The largest absolute Gasteiger partial charge is 0.505 e. The molecule has 0 saturated carbocycles. The summed E-state index contributed by atoms with van der Waals surface area (Å²) >= 11 is 0. The molecule has 0 fully saturated rings. The number of hydrogen-bond donors (Lipinski definition) is 2. The minimum Gasteiger partial charge on any atom is -0.505 e. The van der Waals surface area contributed by atoms with Crippen LogP contribution in [0.3, 0.4) is 0 Å². The first-order valence-electron chi connectivity index (χ1n) is 6.38. The molecule has 1 atom stereocenters. The van der Waals surface area contributed by atoms with Crippen LogP contribution in [0.1, 0.15) is 32.8 Å². The monoisotopic (exact) mass is 262 g/mol. The van der Waals surface area contributed by atoms with Gasteiger partial charge < -0.3 is 10.2 Å². The van der Waals surface area contributed by atoms with Crippen molar-refractivity contribution in [3.63, 3.8) is 0 Å². The lowest BCUT2D eigenvalue weighted by Gasteiger charge is -2.30. The van der Waals surface area contributed by atoms with Crippen LogP contribution in [0.4, 0.5) is 4.39 Å². The van der Waals surface area contributed by atoms with E-state index in [0.29, 0.717) is 6.42 Å². The zero-order valence-electron chi connectivity index (χ0n) is 11.4. The maximum absolute atomic E-state index is 13.5. The van der Waals surface area contributed by atoms with Gasteiger partial charge in [0.2, 0.25) is 0 Å². The van der Waals surface area contributed by atoms with Gasteiger partial charge in [0.1, 0.15) is 0 Å². The van der Waals surface area contributed by atoms with Gasteiger partial charge in [0, 0.05) is 5.41 Å². The third-order valence-corrected chi connectivity index (χ3v) is 3.86. The van der Waals surface area contributed by atoms with Gasteiger partial charge in [0.25, 0.3) is 0 Å². The first-order chi connectivity index (χ1) is 8.82. The molecule has 1 aromatic carbocycles. The molecule has 0 aliphatic heterocycles. The summed E-state index contributed by atoms with van der Waals surface area (Å²) in [6.45, 7) is 5.91. The van der Waals surface area contributed by atoms with Crippen LogP contribution < -0.4 is 0 Å². The molecule has 0 aromatic heterocycles. The van der Waals surface area contributed by atoms with Gasteiger partial charge in [-0.1, -0.05) is 32.1 Å². The molecule has 1 unspecified atom stereocenters. The maximum Gasteiger partial charge on any atom is 0.165 e. The highest BCUT2D eigenvalue weighted by atomic mass is 19.1. The molecule has 3 heteroatoms. The Kier molecular flexibility index (Phi) is 3.50. The quantitative estimate of drug-likeness (QED) is 0.857. The van der Waals surface area contributed by atoms with Crippen molar-refractivity contribution in [3.8, 4) is 5.75 Å². The van der Waals surface area contributed by atoms with Gasteiger partial charge in [-0.25, -0.2) is 4.39 Å². The first-order valence-corrected chi connectivity index (χ1v) is 6.38. The third-order valence-electron chi connectivity index (χ3n) is 3.86. The standard InChI is InChI=1S/C16H19FO2/c1-10-8-11(4-6-14(10)18)16(2,3)12-5-7-15(19)13(17)9-12/h4-5,7-9,14,18-19H,6H2,1-3H3. The summed E-state index contributed by atoms with van der Waals surface area (Å²) in [5, 5.41) is 19.0. The Morgan fingerprint density at radius 1 is 1.32 bits per heavy atom. The lowest BCUT2D eigenvalue weighted by atomic mass is 9.74. The Balaban J connectivity index is 2.40. The van der Waals surface area contributed by atoms with Gasteiger partial charge >= 0.3 is 0 Å². The highest BCUT2D eigenvalue weighted by Gasteiger charge is 2.27. The lowest BCUT2D eigenvalue weighted by Crippen LogP contribution is -2.23. The summed E-state index contributed by atoms with van der Waals surface area (Å²) in [4.78, 5) is 0. The van der Waals surface area contributed by atoms with E-state index >= 15 is 0 Å². The summed E-state index contributed by atoms with van der Waals surface area (Å²) in [7, 11) is 0. The highest BCUT2D eigenvalue weighted by molar-refractivity contribution is 5.45. The van der Waals surface area contributed by atoms with E-state index in [0.717, 1.165) is 16.7 Å². The van der Waals surface area contributed by atoms with E-state index in [4.69, 9.17) is 0 Å². The molecule has 1 aromatic rings. The van der Waals surface area contributed by atoms with Gasteiger partial charge in [-0.3, -0.25) is 0 Å². The van der Waals surface area contributed by atoms with E-state index in [1.165, 1.54) is 12.1 Å². The predicted octanol–water partition coefficient (Wildman–Crippen LogP) is 3.45. The van der Waals surface area contributed by atoms with Gasteiger partial charge in [0.05, 0.1) is 6.10 Å². The van der Waals surface area contributed by atoms with Crippen molar-refractivity contribution < 1.29 is 14.6 Å². The molecule has 2 rings (SSSR count). The molecule has 19 heavy (non-hydrogen) atoms. The van der Waals surface area contributed by atoms with Crippen LogP contribution in [-0.2, 0) is 5.41 Å². The SMILES string of the molecule is CC1=CC(C(C)(C)c2ccc(O)c(F)c2)=CCC1O. The Morgan fingerprint density at radius 3 is 2.58 bits per heavy atom. The molecule has 0 bridgehead atoms. The van der Waals surface area contributed by atoms with E-state index < -0.39 is 11.9 Å². The number of halogens is 1. The van der Waals surface area contributed by atoms with Crippen molar-refractivity contribution in [2.24, 2.45) is 0 Å². The number of allylic oxidation sites excluding steroid dienone is 2. The number of hydrogen-bond acceptors (Lipinski definition) is 2. The average molecular weight is 262 g/mol. The number of benzene rings is 1. The number of aromatic hydroxyl groups is 1. The zero-order valence-corrected chi connectivity index (χ0v) is 11.4. The number of aliphatic hydroxyl groups is 1. The number of phenolic OH excluding ortho intramolecular Hbond substituents is 1. The van der Waals surface area contributed by atoms with Gasteiger partial charge in [-0.2, -0.15) is 0 Å². The molecule has 1 aliphatic carbocycles. The van der Waals surface area contributed by atoms with Crippen molar-refractivity contribution in [2.75, 3.05) is 0 Å². The van der Waals surface area contributed by atoms with Crippen LogP contribution in [0.2, 0.25) is 0 Å². The van der Waals surface area contributed by atoms with E-state index in [1.807, 2.05) is 32.9 Å². The molecule has 0 saturated heterocycles. The molecule has 0 radical (unpaired) electrons. The fraction of sp³-hybridized carbons (Fsp3) is 0.375. The third kappa shape index (κ3) is 2.56. The molecule has 2 nitrogen and oxygen atoms in total. The molecule has 102 valence electrons. The molecular weight excluding hydrogens is 243 g/mol. The topological polar surface area (TPSA) is 40.5 Å². The summed E-state index contributed by atoms with van der Waals surface area (Å²) in [6.07, 6.45) is 4.11. The molecule has 0 spiro atoms. The Labute approximate surface area is 112 Å². The van der Waals surface area contributed by atoms with Crippen LogP contribution in [0.25, 0.3) is 0 Å². The second-order valence-electron chi connectivity index (χ2n) is 5.59. The Morgan fingerprint density at radius 2 is 2.00 bits per heavy atom. The fourth-order valence-corrected chi connectivity index (χ4v) is 2.32. The number of aliphatic hydroxyl groups excluding tert-OH is 1. The van der Waals surface area contributed by atoms with Gasteiger partial charge in [0.15, 0.2) is 11.6 Å². The van der Waals surface area contributed by atoms with Crippen molar-refractivity contribution in [1.29, 1.82) is 0 Å². The first kappa shape index (κ1) is 13.8. The predicted molar refractivity (Wildman–Crippen MR) is 73.6 cm³/mol. The molecule has 2 N–H and O–H groups in total. The van der Waals surface area contributed by atoms with Crippen molar-refractivity contribution in [1.82, 2.24) is 0 Å². The smallest absolute Gasteiger partial charge is 0.165 e. The van der Waals surface area contributed by atoms with Crippen molar-refractivity contribution >= 4 is 0 Å². The molecule has 1 aliphatic rings. The average Bonchev–Trinajstić information content (AvgIpc) is 2.35. The van der Waals surface area contributed by atoms with Crippen LogP contribution >= 0.6 is 0 Å². The second-order valence-corrected chi connectivity index (χ2v) is 5.59. The minimum absolute atomic E-state index is 0.334. The Bertz CT molecular complexity index is 556. The van der Waals surface area contributed by atoms with E-state index in [2.05, 4.69) is 0 Å². The van der Waals surface area contributed by atoms with Gasteiger partial charge in [-0.15, -0.1) is 0 Å². The Hall–Kier alpha value is -1.61. The highest BCUT2D eigenvalue weighted by Crippen LogP contribution is 2.37. The summed E-state index contributed by atoms with van der Waals surface area (Å²) in [6, 6.07) is 4.47. The number of phenols is 1.